The lowest BCUT2D eigenvalue weighted by atomic mass is 9.95. The summed E-state index contributed by atoms with van der Waals surface area (Å²) in [6, 6.07) is 6.96. The van der Waals surface area contributed by atoms with Crippen LogP contribution in [0.25, 0.3) is 11.0 Å². The SMILES string of the molecule is c1cc2n[nH]nc2cc1CNC1CCCCC1. The van der Waals surface area contributed by atoms with E-state index in [1.165, 1.54) is 37.7 Å². The normalized spacial score (nSPS) is 17.6. The van der Waals surface area contributed by atoms with Gasteiger partial charge in [0.1, 0.15) is 11.0 Å². The fourth-order valence-corrected chi connectivity index (χ4v) is 2.56. The monoisotopic (exact) mass is 230 g/mol. The molecule has 0 spiro atoms. The number of hydrogen-bond acceptors (Lipinski definition) is 3. The van der Waals surface area contributed by atoms with Crippen molar-refractivity contribution in [1.29, 1.82) is 0 Å². The van der Waals surface area contributed by atoms with Gasteiger partial charge < -0.3 is 5.32 Å². The molecule has 0 radical (unpaired) electrons. The Kier molecular flexibility index (Phi) is 3.05. The van der Waals surface area contributed by atoms with Crippen molar-refractivity contribution < 1.29 is 0 Å². The van der Waals surface area contributed by atoms with E-state index in [2.05, 4.69) is 32.9 Å². The van der Waals surface area contributed by atoms with Crippen molar-refractivity contribution in [3.8, 4) is 0 Å². The molecule has 1 aromatic carbocycles. The fourth-order valence-electron chi connectivity index (χ4n) is 2.56. The molecule has 0 unspecified atom stereocenters. The number of H-pyrrole nitrogens is 1. The van der Waals surface area contributed by atoms with Crippen LogP contribution in [-0.2, 0) is 6.54 Å². The molecule has 0 amide bonds. The van der Waals surface area contributed by atoms with E-state index >= 15 is 0 Å². The predicted octanol–water partition coefficient (Wildman–Crippen LogP) is 2.38. The molecule has 4 heteroatoms. The highest BCUT2D eigenvalue weighted by Crippen LogP contribution is 2.18. The number of benzene rings is 1. The van der Waals surface area contributed by atoms with Crippen LogP contribution >= 0.6 is 0 Å². The molecule has 0 saturated heterocycles. The van der Waals surface area contributed by atoms with Gasteiger partial charge in [0.15, 0.2) is 0 Å². The zero-order valence-corrected chi connectivity index (χ0v) is 9.95. The lowest BCUT2D eigenvalue weighted by molar-refractivity contribution is 0.372. The summed E-state index contributed by atoms with van der Waals surface area (Å²) in [5.41, 5.74) is 3.18. The van der Waals surface area contributed by atoms with Crippen LogP contribution in [0.5, 0.6) is 0 Å². The number of aromatic nitrogens is 3. The molecule has 1 fully saturated rings. The third-order valence-corrected chi connectivity index (χ3v) is 3.58. The predicted molar refractivity (Wildman–Crippen MR) is 67.6 cm³/mol. The molecule has 3 rings (SSSR count). The zero-order valence-electron chi connectivity index (χ0n) is 9.95. The Labute approximate surface area is 101 Å². The third kappa shape index (κ3) is 2.47. The van der Waals surface area contributed by atoms with Crippen LogP contribution in [0.3, 0.4) is 0 Å². The van der Waals surface area contributed by atoms with Crippen molar-refractivity contribution >= 4 is 11.0 Å². The van der Waals surface area contributed by atoms with Crippen LogP contribution in [0.4, 0.5) is 0 Å². The maximum Gasteiger partial charge on any atom is 0.113 e. The van der Waals surface area contributed by atoms with Crippen molar-refractivity contribution in [3.63, 3.8) is 0 Å². The molecule has 1 aliphatic rings. The number of hydrogen-bond donors (Lipinski definition) is 2. The van der Waals surface area contributed by atoms with Crippen LogP contribution in [0.2, 0.25) is 0 Å². The van der Waals surface area contributed by atoms with Gasteiger partial charge >= 0.3 is 0 Å². The number of fused-ring (bicyclic) bond motifs is 1. The number of aromatic amines is 1. The highest BCUT2D eigenvalue weighted by atomic mass is 15.3. The maximum absolute atomic E-state index is 4.11. The summed E-state index contributed by atoms with van der Waals surface area (Å²) in [5, 5.41) is 14.4. The third-order valence-electron chi connectivity index (χ3n) is 3.58. The Bertz CT molecular complexity index is 485. The summed E-state index contributed by atoms with van der Waals surface area (Å²) >= 11 is 0. The van der Waals surface area contributed by atoms with E-state index < -0.39 is 0 Å². The van der Waals surface area contributed by atoms with E-state index in [4.69, 9.17) is 0 Å². The average Bonchev–Trinajstić information content (AvgIpc) is 2.85. The van der Waals surface area contributed by atoms with Crippen LogP contribution in [0.15, 0.2) is 18.2 Å². The Morgan fingerprint density at radius 1 is 1.12 bits per heavy atom. The summed E-state index contributed by atoms with van der Waals surface area (Å²) in [6.45, 7) is 0.938. The largest absolute Gasteiger partial charge is 0.310 e. The molecule has 0 atom stereocenters. The highest BCUT2D eigenvalue weighted by Gasteiger charge is 2.12. The lowest BCUT2D eigenvalue weighted by Gasteiger charge is -2.22. The minimum atomic E-state index is 0.705. The average molecular weight is 230 g/mol. The molecule has 0 aliphatic heterocycles. The second kappa shape index (κ2) is 4.84. The molecule has 1 aliphatic carbocycles. The van der Waals surface area contributed by atoms with Crippen LogP contribution < -0.4 is 5.32 Å². The van der Waals surface area contributed by atoms with Crippen LogP contribution in [0, 0.1) is 0 Å². The van der Waals surface area contributed by atoms with E-state index in [0.717, 1.165) is 17.6 Å². The summed E-state index contributed by atoms with van der Waals surface area (Å²) in [5.74, 6) is 0. The van der Waals surface area contributed by atoms with Gasteiger partial charge in [-0.2, -0.15) is 15.4 Å². The van der Waals surface area contributed by atoms with Gasteiger partial charge in [-0.25, -0.2) is 0 Å². The molecule has 1 aromatic heterocycles. The first kappa shape index (κ1) is 10.7. The lowest BCUT2D eigenvalue weighted by Crippen LogP contribution is -2.30. The van der Waals surface area contributed by atoms with Gasteiger partial charge in [-0.05, 0) is 30.5 Å². The standard InChI is InChI=1S/C13H18N4/c1-2-4-11(5-3-1)14-9-10-6-7-12-13(8-10)16-17-15-12/h6-8,11,14H,1-5,9H2,(H,15,16,17). The van der Waals surface area contributed by atoms with Crippen LogP contribution in [-0.4, -0.2) is 21.5 Å². The Balaban J connectivity index is 1.63. The van der Waals surface area contributed by atoms with Gasteiger partial charge in [-0.3, -0.25) is 0 Å². The summed E-state index contributed by atoms with van der Waals surface area (Å²) in [7, 11) is 0. The zero-order chi connectivity index (χ0) is 11.5. The quantitative estimate of drug-likeness (QED) is 0.851. The summed E-state index contributed by atoms with van der Waals surface area (Å²) in [4.78, 5) is 0. The van der Waals surface area contributed by atoms with Gasteiger partial charge in [0, 0.05) is 12.6 Å². The number of nitrogens with one attached hydrogen (secondary N) is 2. The number of nitrogens with zero attached hydrogens (tertiary/aromatic N) is 2. The Morgan fingerprint density at radius 3 is 2.82 bits per heavy atom. The van der Waals surface area contributed by atoms with Crippen molar-refractivity contribution in [2.24, 2.45) is 0 Å². The van der Waals surface area contributed by atoms with Crippen molar-refractivity contribution in [3.05, 3.63) is 23.8 Å². The minimum absolute atomic E-state index is 0.705. The topological polar surface area (TPSA) is 53.6 Å². The van der Waals surface area contributed by atoms with Gasteiger partial charge in [0.2, 0.25) is 0 Å². The molecule has 0 bridgehead atoms. The molecule has 2 aromatic rings. The number of rotatable bonds is 3. The Morgan fingerprint density at radius 2 is 1.94 bits per heavy atom. The van der Waals surface area contributed by atoms with Gasteiger partial charge in [-0.1, -0.05) is 25.3 Å². The molecule has 2 N–H and O–H groups in total. The smallest absolute Gasteiger partial charge is 0.113 e. The molecule has 4 nitrogen and oxygen atoms in total. The highest BCUT2D eigenvalue weighted by molar-refractivity contribution is 5.74. The second-order valence-electron chi connectivity index (χ2n) is 4.86. The minimum Gasteiger partial charge on any atom is -0.310 e. The van der Waals surface area contributed by atoms with Gasteiger partial charge in [0.05, 0.1) is 0 Å². The summed E-state index contributed by atoms with van der Waals surface area (Å²) in [6.07, 6.45) is 6.81. The first-order chi connectivity index (χ1) is 8.42. The molecular formula is C13H18N4. The molecular weight excluding hydrogens is 212 g/mol. The van der Waals surface area contributed by atoms with Gasteiger partial charge in [0.25, 0.3) is 0 Å². The van der Waals surface area contributed by atoms with E-state index in [1.807, 2.05) is 6.07 Å². The maximum atomic E-state index is 4.11. The Hall–Kier alpha value is -1.42. The molecule has 1 saturated carbocycles. The molecule has 17 heavy (non-hydrogen) atoms. The van der Waals surface area contributed by atoms with E-state index in [1.54, 1.807) is 0 Å². The van der Waals surface area contributed by atoms with E-state index in [0.29, 0.717) is 6.04 Å². The summed E-state index contributed by atoms with van der Waals surface area (Å²) < 4.78 is 0. The first-order valence-electron chi connectivity index (χ1n) is 6.44. The van der Waals surface area contributed by atoms with Gasteiger partial charge in [-0.15, -0.1) is 0 Å². The first-order valence-corrected chi connectivity index (χ1v) is 6.44. The molecule has 90 valence electrons. The molecule has 1 heterocycles. The van der Waals surface area contributed by atoms with Crippen molar-refractivity contribution in [1.82, 2.24) is 20.7 Å². The second-order valence-corrected chi connectivity index (χ2v) is 4.86. The van der Waals surface area contributed by atoms with E-state index in [-0.39, 0.29) is 0 Å². The van der Waals surface area contributed by atoms with Crippen molar-refractivity contribution in [2.75, 3.05) is 0 Å². The fraction of sp³-hybridized carbons (Fsp3) is 0.538. The van der Waals surface area contributed by atoms with E-state index in [9.17, 15) is 0 Å². The van der Waals surface area contributed by atoms with Crippen LogP contribution in [0.1, 0.15) is 37.7 Å². The van der Waals surface area contributed by atoms with Crippen molar-refractivity contribution in [2.45, 2.75) is 44.7 Å².